The molecule has 0 saturated heterocycles. The average molecular weight is 279 g/mol. The van der Waals surface area contributed by atoms with Gasteiger partial charge >= 0.3 is 0 Å². The van der Waals surface area contributed by atoms with Gasteiger partial charge in [-0.15, -0.1) is 6.42 Å². The van der Waals surface area contributed by atoms with Crippen molar-refractivity contribution in [2.24, 2.45) is 0 Å². The van der Waals surface area contributed by atoms with Gasteiger partial charge in [0.2, 0.25) is 0 Å². The lowest BCUT2D eigenvalue weighted by Gasteiger charge is -2.14. The number of terminal acetylenes is 1. The van der Waals surface area contributed by atoms with Crippen molar-refractivity contribution in [3.63, 3.8) is 0 Å². The van der Waals surface area contributed by atoms with Crippen molar-refractivity contribution in [1.29, 1.82) is 5.26 Å². The quantitative estimate of drug-likeness (QED) is 0.860. The number of methoxy groups -OCH3 is 1. The lowest BCUT2D eigenvalue weighted by atomic mass is 10.1. The SMILES string of the molecule is C#CCNC(C#N)c1cc(Br)ccc1OC. The smallest absolute Gasteiger partial charge is 0.125 e. The molecule has 1 N–H and O–H groups in total. The summed E-state index contributed by atoms with van der Waals surface area (Å²) >= 11 is 3.36. The van der Waals surface area contributed by atoms with Crippen LogP contribution in [0, 0.1) is 23.7 Å². The van der Waals surface area contributed by atoms with Crippen LogP contribution in [0.4, 0.5) is 0 Å². The fourth-order valence-electron chi connectivity index (χ4n) is 1.32. The van der Waals surface area contributed by atoms with E-state index in [2.05, 4.69) is 33.2 Å². The first-order valence-electron chi connectivity index (χ1n) is 4.62. The third kappa shape index (κ3) is 3.00. The number of halogens is 1. The van der Waals surface area contributed by atoms with E-state index >= 15 is 0 Å². The predicted molar refractivity (Wildman–Crippen MR) is 65.9 cm³/mol. The molecule has 1 rings (SSSR count). The molecule has 0 aliphatic carbocycles. The van der Waals surface area contributed by atoms with Crippen LogP contribution in [0.25, 0.3) is 0 Å². The van der Waals surface area contributed by atoms with Crippen molar-refractivity contribution in [3.05, 3.63) is 28.2 Å². The number of rotatable bonds is 4. The van der Waals surface area contributed by atoms with Gasteiger partial charge in [-0.3, -0.25) is 5.32 Å². The summed E-state index contributed by atoms with van der Waals surface area (Å²) in [5.74, 6) is 3.11. The number of nitrogens with zero attached hydrogens (tertiary/aromatic N) is 1. The molecule has 1 atom stereocenters. The molecule has 1 aromatic carbocycles. The molecule has 3 nitrogen and oxygen atoms in total. The van der Waals surface area contributed by atoms with E-state index in [1.165, 1.54) is 0 Å². The Kier molecular flexibility index (Phi) is 4.85. The first-order chi connectivity index (χ1) is 7.72. The highest BCUT2D eigenvalue weighted by Gasteiger charge is 2.14. The van der Waals surface area contributed by atoms with Gasteiger partial charge in [-0.2, -0.15) is 5.26 Å². The molecule has 4 heteroatoms. The lowest BCUT2D eigenvalue weighted by molar-refractivity contribution is 0.406. The molecule has 0 radical (unpaired) electrons. The van der Waals surface area contributed by atoms with Crippen molar-refractivity contribution in [3.8, 4) is 24.2 Å². The zero-order valence-corrected chi connectivity index (χ0v) is 10.4. The second-order valence-corrected chi connectivity index (χ2v) is 3.95. The van der Waals surface area contributed by atoms with Crippen LogP contribution in [0.1, 0.15) is 11.6 Å². The highest BCUT2D eigenvalue weighted by Crippen LogP contribution is 2.28. The third-order valence-electron chi connectivity index (χ3n) is 2.04. The Morgan fingerprint density at radius 2 is 2.38 bits per heavy atom. The van der Waals surface area contributed by atoms with Crippen molar-refractivity contribution in [2.45, 2.75) is 6.04 Å². The van der Waals surface area contributed by atoms with E-state index in [-0.39, 0.29) is 0 Å². The summed E-state index contributed by atoms with van der Waals surface area (Å²) in [4.78, 5) is 0. The van der Waals surface area contributed by atoms with Crippen molar-refractivity contribution in [1.82, 2.24) is 5.32 Å². The standard InChI is InChI=1S/C12H11BrN2O/c1-3-6-15-11(8-14)10-7-9(13)4-5-12(10)16-2/h1,4-5,7,11,15H,6H2,2H3. The Hall–Kier alpha value is -1.49. The van der Waals surface area contributed by atoms with E-state index in [0.717, 1.165) is 10.0 Å². The minimum absolute atomic E-state index is 0.341. The van der Waals surface area contributed by atoms with Crippen LogP contribution in [0.2, 0.25) is 0 Å². The van der Waals surface area contributed by atoms with Crippen LogP contribution < -0.4 is 10.1 Å². The number of nitrogens with one attached hydrogen (secondary N) is 1. The number of benzene rings is 1. The van der Waals surface area contributed by atoms with Crippen LogP contribution in [0.3, 0.4) is 0 Å². The first-order valence-corrected chi connectivity index (χ1v) is 5.42. The Balaban J connectivity index is 3.04. The van der Waals surface area contributed by atoms with Gasteiger partial charge in [0.1, 0.15) is 11.8 Å². The van der Waals surface area contributed by atoms with E-state index < -0.39 is 6.04 Å². The number of hydrogen-bond acceptors (Lipinski definition) is 3. The second-order valence-electron chi connectivity index (χ2n) is 3.03. The van der Waals surface area contributed by atoms with Gasteiger partial charge in [-0.25, -0.2) is 0 Å². The second kappa shape index (κ2) is 6.17. The van der Waals surface area contributed by atoms with Gasteiger partial charge in [0.05, 0.1) is 19.7 Å². The minimum Gasteiger partial charge on any atom is -0.496 e. The molecule has 1 aromatic rings. The van der Waals surface area contributed by atoms with E-state index in [0.29, 0.717) is 12.3 Å². The van der Waals surface area contributed by atoms with Gasteiger partial charge in [0, 0.05) is 10.0 Å². The highest BCUT2D eigenvalue weighted by atomic mass is 79.9. The molecular weight excluding hydrogens is 268 g/mol. The van der Waals surface area contributed by atoms with E-state index in [9.17, 15) is 0 Å². The number of nitriles is 1. The summed E-state index contributed by atoms with van der Waals surface area (Å²) in [7, 11) is 1.57. The topological polar surface area (TPSA) is 45.0 Å². The van der Waals surface area contributed by atoms with Crippen molar-refractivity contribution in [2.75, 3.05) is 13.7 Å². The minimum atomic E-state index is -0.469. The van der Waals surface area contributed by atoms with Gasteiger partial charge in [0.25, 0.3) is 0 Å². The van der Waals surface area contributed by atoms with Gasteiger partial charge < -0.3 is 4.74 Å². The summed E-state index contributed by atoms with van der Waals surface area (Å²) in [5.41, 5.74) is 0.773. The average Bonchev–Trinajstić information content (AvgIpc) is 2.30. The van der Waals surface area contributed by atoms with Crippen molar-refractivity contribution < 1.29 is 4.74 Å². The molecule has 0 aliphatic heterocycles. The van der Waals surface area contributed by atoms with Gasteiger partial charge in [0.15, 0.2) is 0 Å². The molecule has 1 unspecified atom stereocenters. The van der Waals surface area contributed by atoms with Gasteiger partial charge in [-0.05, 0) is 18.2 Å². The fourth-order valence-corrected chi connectivity index (χ4v) is 1.70. The Bertz CT molecular complexity index is 445. The number of hydrogen-bond donors (Lipinski definition) is 1. The molecule has 0 heterocycles. The third-order valence-corrected chi connectivity index (χ3v) is 2.53. The first kappa shape index (κ1) is 12.6. The monoisotopic (exact) mass is 278 g/mol. The zero-order chi connectivity index (χ0) is 12.0. The molecule has 82 valence electrons. The van der Waals surface area contributed by atoms with E-state index in [1.807, 2.05) is 12.1 Å². The Morgan fingerprint density at radius 3 is 2.94 bits per heavy atom. The largest absolute Gasteiger partial charge is 0.496 e. The highest BCUT2D eigenvalue weighted by molar-refractivity contribution is 9.10. The van der Waals surface area contributed by atoms with E-state index in [1.54, 1.807) is 13.2 Å². The molecule has 0 spiro atoms. The fraction of sp³-hybridized carbons (Fsp3) is 0.250. The van der Waals surface area contributed by atoms with Crippen LogP contribution >= 0.6 is 15.9 Å². The molecule has 0 saturated carbocycles. The molecule has 0 aromatic heterocycles. The summed E-state index contributed by atoms with van der Waals surface area (Å²) in [6.07, 6.45) is 5.15. The van der Waals surface area contributed by atoms with Crippen LogP contribution in [-0.4, -0.2) is 13.7 Å². The Labute approximate surface area is 104 Å². The van der Waals surface area contributed by atoms with E-state index in [4.69, 9.17) is 16.4 Å². The van der Waals surface area contributed by atoms with Gasteiger partial charge in [-0.1, -0.05) is 21.9 Å². The number of ether oxygens (including phenoxy) is 1. The maximum absolute atomic E-state index is 9.06. The normalized spacial score (nSPS) is 11.2. The molecule has 16 heavy (non-hydrogen) atoms. The van der Waals surface area contributed by atoms with Crippen molar-refractivity contribution >= 4 is 15.9 Å². The molecule has 0 bridgehead atoms. The molecule has 0 fully saturated rings. The molecular formula is C12H11BrN2O. The summed E-state index contributed by atoms with van der Waals surface area (Å²) < 4.78 is 6.09. The zero-order valence-electron chi connectivity index (χ0n) is 8.83. The summed E-state index contributed by atoms with van der Waals surface area (Å²) in [6.45, 7) is 0.341. The summed E-state index contributed by atoms with van der Waals surface area (Å²) in [5, 5.41) is 12.0. The summed E-state index contributed by atoms with van der Waals surface area (Å²) in [6, 6.07) is 7.19. The maximum Gasteiger partial charge on any atom is 0.125 e. The Morgan fingerprint density at radius 1 is 1.62 bits per heavy atom. The van der Waals surface area contributed by atoms with Crippen LogP contribution in [0.5, 0.6) is 5.75 Å². The lowest BCUT2D eigenvalue weighted by Crippen LogP contribution is -2.20. The molecule has 0 amide bonds. The predicted octanol–water partition coefficient (Wildman–Crippen LogP) is 2.25. The van der Waals surface area contributed by atoms with Crippen LogP contribution in [-0.2, 0) is 0 Å². The maximum atomic E-state index is 9.06. The molecule has 0 aliphatic rings. The van der Waals surface area contributed by atoms with Crippen LogP contribution in [0.15, 0.2) is 22.7 Å².